The molecular formula is C63H120N4O10S. The molecule has 0 aliphatic carbocycles. The van der Waals surface area contributed by atoms with Gasteiger partial charge in [-0.1, -0.05) is 252 Å². The number of carbonyl (C=O) groups excluding carboxylic acids is 5. The molecule has 0 rings (SSSR count). The van der Waals surface area contributed by atoms with E-state index in [9.17, 15) is 39.0 Å². The lowest BCUT2D eigenvalue weighted by molar-refractivity contribution is -0.157. The Bertz CT molecular complexity index is 1440. The van der Waals surface area contributed by atoms with Crippen LogP contribution in [0, 0.1) is 0 Å². The van der Waals surface area contributed by atoms with Gasteiger partial charge in [-0.15, -0.1) is 0 Å². The van der Waals surface area contributed by atoms with Gasteiger partial charge in [-0.3, -0.25) is 24.0 Å². The molecule has 0 spiro atoms. The van der Waals surface area contributed by atoms with Crippen molar-refractivity contribution in [1.82, 2.24) is 16.0 Å². The van der Waals surface area contributed by atoms with Crippen LogP contribution in [0.2, 0.25) is 0 Å². The number of aliphatic hydroxyl groups excluding tert-OH is 1. The van der Waals surface area contributed by atoms with Gasteiger partial charge in [-0.2, -0.15) is 11.8 Å². The molecule has 3 amide bonds. The third-order valence-corrected chi connectivity index (χ3v) is 16.0. The van der Waals surface area contributed by atoms with Crippen molar-refractivity contribution in [2.75, 3.05) is 31.3 Å². The number of thioether (sulfide) groups is 1. The summed E-state index contributed by atoms with van der Waals surface area (Å²) in [5.74, 6) is -3.72. The molecule has 4 atom stereocenters. The van der Waals surface area contributed by atoms with Gasteiger partial charge in [-0.25, -0.2) is 4.79 Å². The first kappa shape index (κ1) is 75.1. The van der Waals surface area contributed by atoms with Crippen LogP contribution in [0.25, 0.3) is 0 Å². The fourth-order valence-electron chi connectivity index (χ4n) is 9.75. The highest BCUT2D eigenvalue weighted by atomic mass is 32.2. The van der Waals surface area contributed by atoms with Gasteiger partial charge in [0.1, 0.15) is 30.8 Å². The second-order valence-corrected chi connectivity index (χ2v) is 23.4. The van der Waals surface area contributed by atoms with Gasteiger partial charge in [0.05, 0.1) is 6.61 Å². The van der Waals surface area contributed by atoms with Crippen molar-refractivity contribution in [2.45, 2.75) is 334 Å². The van der Waals surface area contributed by atoms with E-state index in [1.54, 1.807) is 0 Å². The minimum atomic E-state index is -1.48. The number of hydrogen-bond donors (Lipinski definition) is 6. The number of carboxylic acid groups (broad SMARTS) is 1. The van der Waals surface area contributed by atoms with Gasteiger partial charge in [0.25, 0.3) is 0 Å². The molecule has 0 aliphatic heterocycles. The van der Waals surface area contributed by atoms with E-state index < -0.39 is 48.6 Å². The van der Waals surface area contributed by atoms with Crippen LogP contribution in [-0.4, -0.2) is 101 Å². The molecule has 0 radical (unpaired) electrons. The molecule has 0 fully saturated rings. The zero-order chi connectivity index (χ0) is 57.4. The number of carbonyl (C=O) groups is 6. The largest absolute Gasteiger partial charge is 0.480 e. The van der Waals surface area contributed by atoms with Crippen LogP contribution in [-0.2, 0) is 38.2 Å². The lowest BCUT2D eigenvalue weighted by Gasteiger charge is -2.24. The van der Waals surface area contributed by atoms with Crippen LogP contribution < -0.4 is 21.7 Å². The minimum Gasteiger partial charge on any atom is -0.480 e. The Morgan fingerprint density at radius 3 is 1.17 bits per heavy atom. The second-order valence-electron chi connectivity index (χ2n) is 22.4. The molecule has 0 unspecified atom stereocenters. The molecule has 0 aliphatic rings. The van der Waals surface area contributed by atoms with Crippen LogP contribution in [0.4, 0.5) is 0 Å². The summed E-state index contributed by atoms with van der Waals surface area (Å²) < 4.78 is 11.6. The number of aliphatic hydroxyl groups is 1. The highest BCUT2D eigenvalue weighted by Gasteiger charge is 2.30. The average Bonchev–Trinajstić information content (AvgIpc) is 3.42. The van der Waals surface area contributed by atoms with Crippen molar-refractivity contribution in [1.29, 1.82) is 0 Å². The van der Waals surface area contributed by atoms with E-state index in [1.807, 2.05) is 0 Å². The van der Waals surface area contributed by atoms with Crippen LogP contribution in [0.15, 0.2) is 0 Å². The first-order chi connectivity index (χ1) is 38.0. The first-order valence-electron chi connectivity index (χ1n) is 32.4. The maximum absolute atomic E-state index is 13.9. The number of ether oxygens (including phenoxy) is 2. The molecule has 0 aromatic carbocycles. The predicted octanol–water partition coefficient (Wildman–Crippen LogP) is 14.3. The van der Waals surface area contributed by atoms with Gasteiger partial charge in [0, 0.05) is 30.8 Å². The summed E-state index contributed by atoms with van der Waals surface area (Å²) in [6.45, 7) is 6.15. The maximum atomic E-state index is 13.9. The summed E-state index contributed by atoms with van der Waals surface area (Å²) in [4.78, 5) is 78.6. The molecule has 78 heavy (non-hydrogen) atoms. The monoisotopic (exact) mass is 1120 g/mol. The highest BCUT2D eigenvalue weighted by Crippen LogP contribution is 2.18. The van der Waals surface area contributed by atoms with E-state index >= 15 is 0 Å². The SMILES string of the molecule is CCCCCCCCCCCCCCCC(=O)N[C@@H](CSC[C@@H](COC(=O)CCCCCCCCCCCCCCC)OC(=O)CCCCCCCCCCCCCCC)C(=O)N[C@@H](CO)C(=O)N[C@@H](CCCCN)C(=O)O. The molecular weight excluding hydrogens is 1000 g/mol. The third kappa shape index (κ3) is 49.0. The molecule has 0 aromatic heterocycles. The molecule has 0 aromatic rings. The standard InChI is InChI=1S/C63H120N4O10S/c1-4-7-10-13-16-19-22-25-28-31-34-37-40-46-58(69)65-57(62(73)67-56(50-68)61(72)66-55(63(74)75)45-43-44-49-64)53-78-52-54(77-60(71)48-42-39-36-33-30-27-24-21-18-15-12-9-6-3)51-76-59(70)47-41-38-35-32-29-26-23-20-17-14-11-8-5-2/h54-57,68H,4-53,64H2,1-3H3,(H,65,69)(H,66,72)(H,67,73)(H,74,75)/t54-,55+,56+,57+/m1/s1. The summed E-state index contributed by atoms with van der Waals surface area (Å²) in [6.07, 6.45) is 47.3. The third-order valence-electron chi connectivity index (χ3n) is 14.8. The average molecular weight is 1130 g/mol. The Hall–Kier alpha value is -2.91. The molecule has 0 saturated heterocycles. The van der Waals surface area contributed by atoms with Crippen molar-refractivity contribution in [3.05, 3.63) is 0 Å². The number of aliphatic carboxylic acids is 1. The normalized spacial score (nSPS) is 12.9. The Kier molecular flexibility index (Phi) is 55.2. The quantitative estimate of drug-likeness (QED) is 0.0247. The van der Waals surface area contributed by atoms with Crippen molar-refractivity contribution in [2.24, 2.45) is 5.73 Å². The summed E-state index contributed by atoms with van der Waals surface area (Å²) in [5, 5.41) is 27.7. The number of unbranched alkanes of at least 4 members (excludes halogenated alkanes) is 37. The fourth-order valence-corrected chi connectivity index (χ4v) is 10.8. The smallest absolute Gasteiger partial charge is 0.326 e. The first-order valence-corrected chi connectivity index (χ1v) is 33.5. The topological polar surface area (TPSA) is 223 Å². The van der Waals surface area contributed by atoms with E-state index in [0.717, 1.165) is 64.2 Å². The zero-order valence-electron chi connectivity index (χ0n) is 50.3. The zero-order valence-corrected chi connectivity index (χ0v) is 51.1. The van der Waals surface area contributed by atoms with Crippen molar-refractivity contribution >= 4 is 47.4 Å². The number of rotatable bonds is 60. The van der Waals surface area contributed by atoms with Crippen molar-refractivity contribution < 1.29 is 48.5 Å². The van der Waals surface area contributed by atoms with E-state index in [4.69, 9.17) is 15.2 Å². The van der Waals surface area contributed by atoms with E-state index in [1.165, 1.54) is 185 Å². The van der Waals surface area contributed by atoms with E-state index in [-0.39, 0.29) is 61.6 Å². The van der Waals surface area contributed by atoms with Gasteiger partial charge in [0.15, 0.2) is 0 Å². The molecule has 458 valence electrons. The lowest BCUT2D eigenvalue weighted by atomic mass is 10.0. The highest BCUT2D eigenvalue weighted by molar-refractivity contribution is 7.99. The van der Waals surface area contributed by atoms with Gasteiger partial charge in [-0.05, 0) is 45.1 Å². The Labute approximate surface area is 480 Å². The van der Waals surface area contributed by atoms with Crippen LogP contribution >= 0.6 is 11.8 Å². The summed E-state index contributed by atoms with van der Waals surface area (Å²) in [7, 11) is 0. The minimum absolute atomic E-state index is 0.0204. The summed E-state index contributed by atoms with van der Waals surface area (Å²) in [5.41, 5.74) is 5.57. The number of nitrogens with two attached hydrogens (primary N) is 1. The Morgan fingerprint density at radius 2 is 0.782 bits per heavy atom. The van der Waals surface area contributed by atoms with Crippen molar-refractivity contribution in [3.8, 4) is 0 Å². The van der Waals surface area contributed by atoms with E-state index in [0.29, 0.717) is 32.2 Å². The van der Waals surface area contributed by atoms with Gasteiger partial charge in [0.2, 0.25) is 17.7 Å². The molecule has 7 N–H and O–H groups in total. The molecule has 0 bridgehead atoms. The summed E-state index contributed by atoms with van der Waals surface area (Å²) in [6, 6.07) is -3.87. The Morgan fingerprint density at radius 1 is 0.423 bits per heavy atom. The van der Waals surface area contributed by atoms with Gasteiger partial charge >= 0.3 is 17.9 Å². The molecule has 0 heterocycles. The predicted molar refractivity (Wildman–Crippen MR) is 323 cm³/mol. The summed E-state index contributed by atoms with van der Waals surface area (Å²) >= 11 is 1.24. The number of amides is 3. The van der Waals surface area contributed by atoms with E-state index in [2.05, 4.69) is 36.7 Å². The molecule has 15 heteroatoms. The molecule has 14 nitrogen and oxygen atoms in total. The van der Waals surface area contributed by atoms with Crippen LogP contribution in [0.1, 0.15) is 310 Å². The van der Waals surface area contributed by atoms with Gasteiger partial charge < -0.3 is 41.4 Å². The fraction of sp³-hybridized carbons (Fsp3) is 0.905. The van der Waals surface area contributed by atoms with Crippen molar-refractivity contribution in [3.63, 3.8) is 0 Å². The maximum Gasteiger partial charge on any atom is 0.326 e. The second kappa shape index (κ2) is 57.3. The number of carboxylic acids is 1. The van der Waals surface area contributed by atoms with Crippen LogP contribution in [0.5, 0.6) is 0 Å². The molecule has 0 saturated carbocycles. The number of hydrogen-bond acceptors (Lipinski definition) is 11. The number of esters is 2. The Balaban J connectivity index is 5.60. The number of nitrogens with one attached hydrogen (secondary N) is 3. The lowest BCUT2D eigenvalue weighted by Crippen LogP contribution is -2.57. The van der Waals surface area contributed by atoms with Crippen LogP contribution in [0.3, 0.4) is 0 Å².